The first-order valence-electron chi connectivity index (χ1n) is 12.6. The third kappa shape index (κ3) is 4.88. The number of hydrogen-bond donors (Lipinski definition) is 1. The van der Waals surface area contributed by atoms with E-state index in [2.05, 4.69) is 43.3 Å². The zero-order valence-corrected chi connectivity index (χ0v) is 20.9. The molecule has 1 N–H and O–H groups in total. The van der Waals surface area contributed by atoms with E-state index in [9.17, 15) is 14.3 Å². The Kier molecular flexibility index (Phi) is 6.83. The summed E-state index contributed by atoms with van der Waals surface area (Å²) >= 11 is 0. The van der Waals surface area contributed by atoms with Crippen LogP contribution in [-0.2, 0) is 0 Å². The first kappa shape index (κ1) is 24.8. The van der Waals surface area contributed by atoms with Gasteiger partial charge in [0.05, 0.1) is 17.9 Å². The van der Waals surface area contributed by atoms with Crippen LogP contribution in [-0.4, -0.2) is 23.7 Å². The van der Waals surface area contributed by atoms with Gasteiger partial charge in [-0.3, -0.25) is 0 Å². The molecule has 0 saturated carbocycles. The molecule has 0 aromatic heterocycles. The fraction of sp³-hybridized carbons (Fsp3) is 0.258. The van der Waals surface area contributed by atoms with Crippen molar-refractivity contribution in [2.24, 2.45) is 0 Å². The lowest BCUT2D eigenvalue weighted by Crippen LogP contribution is -2.38. The number of benzene rings is 4. The van der Waals surface area contributed by atoms with E-state index in [0.29, 0.717) is 35.9 Å². The lowest BCUT2D eigenvalue weighted by Gasteiger charge is -2.37. The van der Waals surface area contributed by atoms with E-state index in [1.54, 1.807) is 30.0 Å². The second-order valence-corrected chi connectivity index (χ2v) is 9.76. The van der Waals surface area contributed by atoms with Crippen LogP contribution in [0, 0.1) is 18.6 Å². The van der Waals surface area contributed by atoms with Gasteiger partial charge in [0.25, 0.3) is 0 Å². The maximum absolute atomic E-state index is 15.4. The molecular weight excluding hydrogens is 472 g/mol. The van der Waals surface area contributed by atoms with Crippen LogP contribution in [0.3, 0.4) is 0 Å². The number of ether oxygens (including phenoxy) is 1. The molecule has 0 amide bonds. The summed E-state index contributed by atoms with van der Waals surface area (Å²) in [6.07, 6.45) is 2.19. The lowest BCUT2D eigenvalue weighted by molar-refractivity contribution is 0.0691. The number of rotatable bonds is 7. The molecule has 0 saturated heterocycles. The van der Waals surface area contributed by atoms with Crippen molar-refractivity contribution in [3.05, 3.63) is 101 Å². The fourth-order valence-corrected chi connectivity index (χ4v) is 5.32. The van der Waals surface area contributed by atoms with E-state index in [4.69, 9.17) is 4.74 Å². The molecule has 2 atom stereocenters. The van der Waals surface area contributed by atoms with E-state index in [0.717, 1.165) is 12.8 Å². The van der Waals surface area contributed by atoms with Gasteiger partial charge in [-0.15, -0.1) is 0 Å². The minimum Gasteiger partial charge on any atom is -0.486 e. The zero-order chi connectivity index (χ0) is 26.1. The van der Waals surface area contributed by atoms with Gasteiger partial charge >= 0.3 is 5.97 Å². The summed E-state index contributed by atoms with van der Waals surface area (Å²) < 4.78 is 35.6. The summed E-state index contributed by atoms with van der Waals surface area (Å²) in [4.78, 5) is 13.4. The van der Waals surface area contributed by atoms with E-state index >= 15 is 4.39 Å². The molecule has 4 nitrogen and oxygen atoms in total. The van der Waals surface area contributed by atoms with Gasteiger partial charge in [-0.05, 0) is 72.2 Å². The Hall–Kier alpha value is -3.93. The van der Waals surface area contributed by atoms with Crippen LogP contribution in [0.1, 0.15) is 53.6 Å². The molecule has 0 fully saturated rings. The van der Waals surface area contributed by atoms with Crippen LogP contribution in [0.25, 0.3) is 10.8 Å². The van der Waals surface area contributed by atoms with Gasteiger partial charge in [-0.1, -0.05) is 55.5 Å². The van der Waals surface area contributed by atoms with E-state index in [1.165, 1.54) is 28.5 Å². The molecule has 4 aromatic carbocycles. The highest BCUT2D eigenvalue weighted by molar-refractivity contribution is 5.92. The molecule has 37 heavy (non-hydrogen) atoms. The van der Waals surface area contributed by atoms with Crippen molar-refractivity contribution in [3.8, 4) is 5.75 Å². The molecule has 4 aromatic rings. The number of fused-ring (bicyclic) bond motifs is 2. The average Bonchev–Trinajstić information content (AvgIpc) is 2.87. The third-order valence-electron chi connectivity index (χ3n) is 7.24. The second kappa shape index (κ2) is 10.2. The number of nitrogens with zero attached hydrogens (tertiary/aromatic N) is 1. The van der Waals surface area contributed by atoms with Crippen LogP contribution >= 0.6 is 0 Å². The Morgan fingerprint density at radius 1 is 1.05 bits per heavy atom. The van der Waals surface area contributed by atoms with Crippen LogP contribution in [0.4, 0.5) is 20.2 Å². The highest BCUT2D eigenvalue weighted by atomic mass is 19.1. The molecule has 190 valence electrons. The molecule has 6 heteroatoms. The minimum atomic E-state index is -1.32. The number of carbonyl (C=O) groups is 1. The smallest absolute Gasteiger partial charge is 0.339 e. The van der Waals surface area contributed by atoms with Crippen LogP contribution in [0.15, 0.2) is 72.8 Å². The maximum Gasteiger partial charge on any atom is 0.339 e. The number of aromatic carboxylic acids is 1. The molecule has 0 spiro atoms. The molecular formula is C31H29F2NO3. The Labute approximate surface area is 215 Å². The number of carboxylic acid groups (broad SMARTS) is 1. The summed E-state index contributed by atoms with van der Waals surface area (Å²) in [5.74, 6) is -1.89. The predicted octanol–water partition coefficient (Wildman–Crippen LogP) is 8.00. The number of halogens is 2. The molecule has 1 heterocycles. The minimum absolute atomic E-state index is 0.147. The highest BCUT2D eigenvalue weighted by Crippen LogP contribution is 2.41. The molecule has 1 aliphatic heterocycles. The number of hydrogen-bond acceptors (Lipinski definition) is 3. The molecule has 1 unspecified atom stereocenters. The maximum atomic E-state index is 15.4. The third-order valence-corrected chi connectivity index (χ3v) is 7.24. The number of carboxylic acids is 1. The van der Waals surface area contributed by atoms with Crippen LogP contribution in [0.5, 0.6) is 5.75 Å². The van der Waals surface area contributed by atoms with Gasteiger partial charge < -0.3 is 14.7 Å². The summed E-state index contributed by atoms with van der Waals surface area (Å²) in [5, 5.41) is 12.0. The summed E-state index contributed by atoms with van der Waals surface area (Å²) in [6, 6.07) is 22.1. The summed E-state index contributed by atoms with van der Waals surface area (Å²) in [5.41, 5.74) is 1.96. The monoisotopic (exact) mass is 501 g/mol. The van der Waals surface area contributed by atoms with Gasteiger partial charge in [0.15, 0.2) is 5.82 Å². The standard InChI is InChI=1S/C31H29F2NO3/c1-19(24-12-6-9-21-8-3-4-11-25(21)24)7-5-10-23-18-34(26-16-14-22(32)17-28(26)37-23)27-15-13-20(2)29(30(27)33)31(35)36/h3-4,6,8-9,11-17,19,23H,5,7,10,18H2,1-2H3,(H,35,36)/t19-,23?/m0/s1. The lowest BCUT2D eigenvalue weighted by atomic mass is 9.90. The fourth-order valence-electron chi connectivity index (χ4n) is 5.32. The highest BCUT2D eigenvalue weighted by Gasteiger charge is 2.30. The van der Waals surface area contributed by atoms with Crippen molar-refractivity contribution in [1.29, 1.82) is 0 Å². The van der Waals surface area contributed by atoms with Gasteiger partial charge in [-0.2, -0.15) is 0 Å². The van der Waals surface area contributed by atoms with Crippen molar-refractivity contribution in [1.82, 2.24) is 0 Å². The number of anilines is 2. The number of aryl methyl sites for hydroxylation is 1. The predicted molar refractivity (Wildman–Crippen MR) is 142 cm³/mol. The van der Waals surface area contributed by atoms with Crippen LogP contribution < -0.4 is 9.64 Å². The van der Waals surface area contributed by atoms with E-state index in [1.807, 2.05) is 6.07 Å². The summed E-state index contributed by atoms with van der Waals surface area (Å²) in [6.45, 7) is 4.12. The van der Waals surface area contributed by atoms with Gasteiger partial charge in [0, 0.05) is 6.07 Å². The summed E-state index contributed by atoms with van der Waals surface area (Å²) in [7, 11) is 0. The first-order valence-corrected chi connectivity index (χ1v) is 12.6. The largest absolute Gasteiger partial charge is 0.486 e. The first-order chi connectivity index (χ1) is 17.8. The SMILES string of the molecule is Cc1ccc(N2CC(CCC[C@H](C)c3cccc4ccccc34)Oc3cc(F)ccc32)c(F)c1C(=O)O. The molecule has 0 bridgehead atoms. The van der Waals surface area contributed by atoms with Crippen molar-refractivity contribution in [2.75, 3.05) is 11.4 Å². The average molecular weight is 502 g/mol. The van der Waals surface area contributed by atoms with Gasteiger partial charge in [0.2, 0.25) is 0 Å². The van der Waals surface area contributed by atoms with Crippen LogP contribution in [0.2, 0.25) is 0 Å². The van der Waals surface area contributed by atoms with Gasteiger partial charge in [-0.25, -0.2) is 13.6 Å². The Morgan fingerprint density at radius 2 is 1.81 bits per heavy atom. The topological polar surface area (TPSA) is 49.8 Å². The normalized spacial score (nSPS) is 15.8. The molecule has 0 aliphatic carbocycles. The Balaban J connectivity index is 1.36. The molecule has 0 radical (unpaired) electrons. The van der Waals surface area contributed by atoms with Crippen molar-refractivity contribution in [2.45, 2.75) is 45.1 Å². The van der Waals surface area contributed by atoms with E-state index < -0.39 is 17.6 Å². The Bertz CT molecular complexity index is 1460. The van der Waals surface area contributed by atoms with Gasteiger partial charge in [0.1, 0.15) is 23.2 Å². The molecule has 1 aliphatic rings. The molecule has 5 rings (SSSR count). The second-order valence-electron chi connectivity index (χ2n) is 9.76. The van der Waals surface area contributed by atoms with E-state index in [-0.39, 0.29) is 17.4 Å². The zero-order valence-electron chi connectivity index (χ0n) is 20.9. The van der Waals surface area contributed by atoms with Crippen molar-refractivity contribution in [3.63, 3.8) is 0 Å². The van der Waals surface area contributed by atoms with Crippen molar-refractivity contribution < 1.29 is 23.4 Å². The van der Waals surface area contributed by atoms with Crippen molar-refractivity contribution >= 4 is 28.1 Å². The Morgan fingerprint density at radius 3 is 2.62 bits per heavy atom. The quantitative estimate of drug-likeness (QED) is 0.279.